The number of nitrogens with zero attached hydrogens (tertiary/aromatic N) is 3. The molecule has 230 valence electrons. The highest BCUT2D eigenvalue weighted by Gasteiger charge is 2.53. The van der Waals surface area contributed by atoms with Crippen molar-refractivity contribution < 1.29 is 38.5 Å². The van der Waals surface area contributed by atoms with E-state index in [9.17, 15) is 14.4 Å². The number of likely N-dealkylation sites (tertiary alicyclic amines) is 1. The Hall–Kier alpha value is -4.19. The van der Waals surface area contributed by atoms with Crippen LogP contribution in [0.2, 0.25) is 0 Å². The molecule has 6 heterocycles. The topological polar surface area (TPSA) is 148 Å². The predicted octanol–water partition coefficient (Wildman–Crippen LogP) is 1.86. The van der Waals surface area contributed by atoms with Crippen molar-refractivity contribution in [1.82, 2.24) is 20.1 Å². The molecule has 5 aliphatic heterocycles. The van der Waals surface area contributed by atoms with Crippen LogP contribution in [0.25, 0.3) is 0 Å². The molecular formula is C31H38N4O8. The Bertz CT molecular complexity index is 1350. The summed E-state index contributed by atoms with van der Waals surface area (Å²) in [4.78, 5) is 56.2. The van der Waals surface area contributed by atoms with Gasteiger partial charge in [0.25, 0.3) is 12.4 Å². The van der Waals surface area contributed by atoms with Crippen LogP contribution in [0.3, 0.4) is 0 Å². The Labute approximate surface area is 250 Å². The summed E-state index contributed by atoms with van der Waals surface area (Å²) >= 11 is 0. The molecule has 5 aliphatic rings. The van der Waals surface area contributed by atoms with Crippen LogP contribution in [0.5, 0.6) is 11.5 Å². The van der Waals surface area contributed by atoms with Crippen molar-refractivity contribution in [2.24, 2.45) is 11.3 Å². The van der Waals surface area contributed by atoms with Gasteiger partial charge >= 0.3 is 0 Å². The first-order chi connectivity index (χ1) is 20.8. The molecule has 2 N–H and O–H groups in total. The van der Waals surface area contributed by atoms with Gasteiger partial charge in [0.1, 0.15) is 0 Å². The number of hydrogen-bond acceptors (Lipinski definition) is 8. The average Bonchev–Trinajstić information content (AvgIpc) is 3.42. The van der Waals surface area contributed by atoms with Gasteiger partial charge in [-0.2, -0.15) is 0 Å². The molecule has 1 aromatic carbocycles. The van der Waals surface area contributed by atoms with Gasteiger partial charge in [0, 0.05) is 74.6 Å². The molecule has 2 fully saturated rings. The molecule has 0 saturated carbocycles. The van der Waals surface area contributed by atoms with E-state index < -0.39 is 5.41 Å². The molecule has 4 bridgehead atoms. The highest BCUT2D eigenvalue weighted by atomic mass is 16.5. The largest absolute Gasteiger partial charge is 0.490 e. The molecule has 7 rings (SSSR count). The number of carbonyl (C=O) groups excluding carboxylic acids is 3. The van der Waals surface area contributed by atoms with Gasteiger partial charge in [-0.05, 0) is 43.9 Å². The smallest absolute Gasteiger partial charge is 0.290 e. The Morgan fingerprint density at radius 3 is 2.70 bits per heavy atom. The van der Waals surface area contributed by atoms with Crippen LogP contribution in [0.4, 0.5) is 0 Å². The predicted molar refractivity (Wildman–Crippen MR) is 154 cm³/mol. The van der Waals surface area contributed by atoms with Crippen LogP contribution in [-0.4, -0.2) is 103 Å². The van der Waals surface area contributed by atoms with Crippen molar-refractivity contribution in [3.8, 4) is 11.5 Å². The van der Waals surface area contributed by atoms with Gasteiger partial charge in [-0.3, -0.25) is 24.2 Å². The Morgan fingerprint density at radius 1 is 1.14 bits per heavy atom. The molecule has 43 heavy (non-hydrogen) atoms. The maximum Gasteiger partial charge on any atom is 0.290 e. The van der Waals surface area contributed by atoms with E-state index in [0.717, 1.165) is 24.0 Å². The normalized spacial score (nSPS) is 23.8. The summed E-state index contributed by atoms with van der Waals surface area (Å²) in [5.74, 6) is 1.00. The highest BCUT2D eigenvalue weighted by Crippen LogP contribution is 2.52. The number of carbonyl (C=O) groups is 4. The van der Waals surface area contributed by atoms with E-state index in [1.807, 2.05) is 30.0 Å². The first kappa shape index (κ1) is 30.3. The zero-order valence-corrected chi connectivity index (χ0v) is 24.3. The number of rotatable bonds is 2. The number of nitrogens with one attached hydrogen (secondary N) is 1. The van der Waals surface area contributed by atoms with Crippen molar-refractivity contribution in [2.45, 2.75) is 32.1 Å². The zero-order valence-electron chi connectivity index (χ0n) is 24.3. The Balaban J connectivity index is 0.00000118. The van der Waals surface area contributed by atoms with Crippen molar-refractivity contribution in [1.29, 1.82) is 0 Å². The van der Waals surface area contributed by atoms with Crippen LogP contribution in [-0.2, 0) is 19.1 Å². The monoisotopic (exact) mass is 594 g/mol. The lowest BCUT2D eigenvalue weighted by molar-refractivity contribution is -0.138. The molecule has 2 saturated heterocycles. The van der Waals surface area contributed by atoms with E-state index in [-0.39, 0.29) is 42.6 Å². The lowest BCUT2D eigenvalue weighted by Gasteiger charge is -2.40. The third kappa shape index (κ3) is 6.58. The summed E-state index contributed by atoms with van der Waals surface area (Å²) in [5.41, 5.74) is 1.86. The second kappa shape index (κ2) is 13.4. The Morgan fingerprint density at radius 2 is 1.93 bits per heavy atom. The minimum Gasteiger partial charge on any atom is -0.490 e. The number of amides is 3. The number of benzene rings is 1. The number of aromatic nitrogens is 1. The number of ether oxygens (including phenoxy) is 3. The molecule has 0 radical (unpaired) electrons. The first-order valence-electron chi connectivity index (χ1n) is 14.7. The molecule has 2 atom stereocenters. The fourth-order valence-corrected chi connectivity index (χ4v) is 6.48. The van der Waals surface area contributed by atoms with E-state index in [1.165, 1.54) is 6.20 Å². The van der Waals surface area contributed by atoms with Crippen molar-refractivity contribution in [2.75, 3.05) is 59.2 Å². The average molecular weight is 595 g/mol. The fourth-order valence-electron chi connectivity index (χ4n) is 6.48. The van der Waals surface area contributed by atoms with E-state index in [1.54, 1.807) is 17.2 Å². The van der Waals surface area contributed by atoms with Gasteiger partial charge in [0.2, 0.25) is 11.8 Å². The van der Waals surface area contributed by atoms with Crippen LogP contribution in [0, 0.1) is 18.3 Å². The van der Waals surface area contributed by atoms with Gasteiger partial charge < -0.3 is 34.4 Å². The lowest BCUT2D eigenvalue weighted by Crippen LogP contribution is -2.50. The van der Waals surface area contributed by atoms with Crippen LogP contribution < -0.4 is 14.8 Å². The molecule has 3 amide bonds. The fraction of sp³-hybridized carbons (Fsp3) is 0.516. The minimum absolute atomic E-state index is 0.0112. The molecule has 12 nitrogen and oxygen atoms in total. The number of fused-ring (bicyclic) bond motifs is 9. The third-order valence-electron chi connectivity index (χ3n) is 8.63. The first-order valence-corrected chi connectivity index (χ1v) is 14.7. The quantitative estimate of drug-likeness (QED) is 0.497. The minimum atomic E-state index is -0.485. The zero-order chi connectivity index (χ0) is 30.4. The van der Waals surface area contributed by atoms with Crippen LogP contribution >= 0.6 is 0 Å². The summed E-state index contributed by atoms with van der Waals surface area (Å²) in [6.07, 6.45) is 5.23. The molecule has 12 heteroatoms. The summed E-state index contributed by atoms with van der Waals surface area (Å²) in [5, 5.41) is 9.99. The van der Waals surface area contributed by atoms with Crippen LogP contribution in [0.15, 0.2) is 36.7 Å². The van der Waals surface area contributed by atoms with Crippen LogP contribution in [0.1, 0.15) is 46.7 Å². The van der Waals surface area contributed by atoms with E-state index in [2.05, 4.69) is 10.3 Å². The van der Waals surface area contributed by atoms with Gasteiger partial charge in [-0.25, -0.2) is 0 Å². The molecule has 1 aromatic heterocycles. The summed E-state index contributed by atoms with van der Waals surface area (Å²) < 4.78 is 18.0. The lowest BCUT2D eigenvalue weighted by atomic mass is 9.73. The molecule has 0 aliphatic carbocycles. The number of para-hydroxylation sites is 1. The van der Waals surface area contributed by atoms with Gasteiger partial charge in [-0.1, -0.05) is 12.1 Å². The van der Waals surface area contributed by atoms with Crippen molar-refractivity contribution >= 4 is 24.2 Å². The summed E-state index contributed by atoms with van der Waals surface area (Å²) in [6.45, 7) is 5.26. The standard InChI is InChI=1S/C30H36N4O6.CH2O2/c1-20-12-22(14-31-13-20)29(37)33-8-3-9-39-25-5-2-4-23-24-15-34(28(36)21-6-10-38-11-7-21)18-30(24,19-40-27(23)25)17-32-26(35)16-33;2-1-3/h2,4-5,12-14,21,24H,3,6-11,15-19H2,1H3,(H,32,35);1H,(H,2,3)/t24-,30+;/m0./s1. The van der Waals surface area contributed by atoms with Gasteiger partial charge in [-0.15, -0.1) is 0 Å². The molecule has 1 spiro atoms. The molecule has 0 unspecified atom stereocenters. The Kier molecular flexibility index (Phi) is 9.44. The van der Waals surface area contributed by atoms with Crippen molar-refractivity contribution in [3.63, 3.8) is 0 Å². The highest BCUT2D eigenvalue weighted by molar-refractivity contribution is 5.96. The van der Waals surface area contributed by atoms with E-state index in [4.69, 9.17) is 24.1 Å². The maximum absolute atomic E-state index is 13.6. The summed E-state index contributed by atoms with van der Waals surface area (Å²) in [7, 11) is 0. The maximum atomic E-state index is 13.6. The summed E-state index contributed by atoms with van der Waals surface area (Å²) in [6, 6.07) is 7.69. The number of hydrogen-bond donors (Lipinski definition) is 2. The van der Waals surface area contributed by atoms with Gasteiger partial charge in [0.15, 0.2) is 11.5 Å². The second-order valence-electron chi connectivity index (χ2n) is 11.5. The van der Waals surface area contributed by atoms with E-state index >= 15 is 0 Å². The third-order valence-corrected chi connectivity index (χ3v) is 8.63. The number of pyridine rings is 1. The van der Waals surface area contributed by atoms with Crippen molar-refractivity contribution in [3.05, 3.63) is 53.3 Å². The second-order valence-corrected chi connectivity index (χ2v) is 11.5. The molecule has 2 aromatic rings. The van der Waals surface area contributed by atoms with Gasteiger partial charge in [0.05, 0.1) is 25.3 Å². The number of carboxylic acid groups (broad SMARTS) is 1. The molecular weight excluding hydrogens is 556 g/mol. The SMILES string of the molecule is Cc1cncc(C(=O)N2CCCOc3cccc4c3OC[C@@]3(CNC(=O)C2)CN(C(=O)C2CCOCC2)C[C@@H]43)c1.O=CO. The van der Waals surface area contributed by atoms with E-state index in [0.29, 0.717) is 76.1 Å². The number of aryl methyl sites for hydroxylation is 1.